The molecule has 0 bridgehead atoms. The Balaban J connectivity index is 3.02. The first-order valence-electron chi connectivity index (χ1n) is 7.15. The predicted molar refractivity (Wildman–Crippen MR) is 84.3 cm³/mol. The normalized spacial score (nSPS) is 11.5. The lowest BCUT2D eigenvalue weighted by atomic mass is 10.2. The number of benzene rings is 1. The summed E-state index contributed by atoms with van der Waals surface area (Å²) in [5.74, 6) is 5.69. The van der Waals surface area contributed by atoms with Crippen molar-refractivity contribution in [3.8, 4) is 11.8 Å². The van der Waals surface area contributed by atoms with Gasteiger partial charge < -0.3 is 5.11 Å². The molecule has 0 amide bonds. The van der Waals surface area contributed by atoms with Crippen LogP contribution >= 0.6 is 0 Å². The van der Waals surface area contributed by atoms with E-state index < -0.39 is 10.0 Å². The maximum atomic E-state index is 12.6. The summed E-state index contributed by atoms with van der Waals surface area (Å²) in [6.07, 6.45) is 1.19. The monoisotopic (exact) mass is 309 g/mol. The highest BCUT2D eigenvalue weighted by atomic mass is 32.2. The number of nitrogens with zero attached hydrogens (tertiary/aromatic N) is 1. The third-order valence-corrected chi connectivity index (χ3v) is 5.04. The van der Waals surface area contributed by atoms with Crippen molar-refractivity contribution < 1.29 is 13.5 Å². The Morgan fingerprint density at radius 1 is 1.24 bits per heavy atom. The average Bonchev–Trinajstić information content (AvgIpc) is 2.45. The summed E-state index contributed by atoms with van der Waals surface area (Å²) >= 11 is 0. The first kappa shape index (κ1) is 17.7. The van der Waals surface area contributed by atoms with Crippen molar-refractivity contribution in [2.75, 3.05) is 13.2 Å². The maximum absolute atomic E-state index is 12.6. The minimum atomic E-state index is -3.46. The van der Waals surface area contributed by atoms with Crippen molar-refractivity contribution in [1.29, 1.82) is 0 Å². The van der Waals surface area contributed by atoms with Gasteiger partial charge in [0.2, 0.25) is 10.0 Å². The van der Waals surface area contributed by atoms with Crippen molar-refractivity contribution >= 4 is 10.0 Å². The molecule has 0 saturated carbocycles. The molecule has 0 radical (unpaired) electrons. The third-order valence-electron chi connectivity index (χ3n) is 2.95. The van der Waals surface area contributed by atoms with Crippen LogP contribution in [0.5, 0.6) is 0 Å². The van der Waals surface area contributed by atoms with Gasteiger partial charge in [0.1, 0.15) is 0 Å². The molecule has 0 aliphatic rings. The third kappa shape index (κ3) is 4.85. The molecule has 0 aromatic heterocycles. The molecule has 1 aromatic carbocycles. The van der Waals surface area contributed by atoms with Crippen molar-refractivity contribution in [3.63, 3.8) is 0 Å². The van der Waals surface area contributed by atoms with E-state index >= 15 is 0 Å². The molecule has 4 nitrogen and oxygen atoms in total. The average molecular weight is 309 g/mol. The fourth-order valence-electron chi connectivity index (χ4n) is 1.94. The van der Waals surface area contributed by atoms with Gasteiger partial charge in [0.15, 0.2) is 0 Å². The van der Waals surface area contributed by atoms with Gasteiger partial charge in [-0.1, -0.05) is 18.8 Å². The van der Waals surface area contributed by atoms with E-state index in [9.17, 15) is 8.42 Å². The molecule has 21 heavy (non-hydrogen) atoms. The Kier molecular flexibility index (Phi) is 6.90. The van der Waals surface area contributed by atoms with Crippen LogP contribution in [0.1, 0.15) is 39.2 Å². The van der Waals surface area contributed by atoms with E-state index in [1.807, 2.05) is 20.8 Å². The van der Waals surface area contributed by atoms with E-state index in [4.69, 9.17) is 5.11 Å². The molecule has 0 atom stereocenters. The minimum absolute atomic E-state index is 0.0276. The Morgan fingerprint density at radius 2 is 1.86 bits per heavy atom. The van der Waals surface area contributed by atoms with E-state index in [1.54, 1.807) is 24.3 Å². The second-order valence-electron chi connectivity index (χ2n) is 5.01. The quantitative estimate of drug-likeness (QED) is 0.820. The maximum Gasteiger partial charge on any atom is 0.243 e. The van der Waals surface area contributed by atoms with Gasteiger partial charge in [0.25, 0.3) is 0 Å². The topological polar surface area (TPSA) is 57.6 Å². The molecule has 1 aromatic rings. The molecule has 0 heterocycles. The summed E-state index contributed by atoms with van der Waals surface area (Å²) in [6, 6.07) is 6.50. The summed E-state index contributed by atoms with van der Waals surface area (Å²) in [5, 5.41) is 8.67. The van der Waals surface area contributed by atoms with Gasteiger partial charge in [-0.15, -0.1) is 0 Å². The highest BCUT2D eigenvalue weighted by Crippen LogP contribution is 2.19. The van der Waals surface area contributed by atoms with Crippen LogP contribution in [0.3, 0.4) is 0 Å². The number of aliphatic hydroxyl groups excluding tert-OH is 1. The largest absolute Gasteiger partial charge is 0.395 e. The lowest BCUT2D eigenvalue weighted by Crippen LogP contribution is -2.37. The molecule has 1 rings (SSSR count). The summed E-state index contributed by atoms with van der Waals surface area (Å²) in [7, 11) is -3.46. The standard InChI is InChI=1S/C16H23NO3S/c1-4-12-17(14(2)3)21(19,20)16-10-8-15(9-11-16)7-5-6-13-18/h8-11,14,18H,4,6,12-13H2,1-3H3. The van der Waals surface area contributed by atoms with E-state index in [1.165, 1.54) is 4.31 Å². The lowest BCUT2D eigenvalue weighted by molar-refractivity contribution is 0.305. The van der Waals surface area contributed by atoms with E-state index in [2.05, 4.69) is 11.8 Å². The van der Waals surface area contributed by atoms with Crippen LogP contribution in [-0.2, 0) is 10.0 Å². The van der Waals surface area contributed by atoms with Gasteiger partial charge in [0.05, 0.1) is 11.5 Å². The van der Waals surface area contributed by atoms with Crippen molar-refractivity contribution in [3.05, 3.63) is 29.8 Å². The second-order valence-corrected chi connectivity index (χ2v) is 6.90. The Hall–Kier alpha value is -1.35. The molecular formula is C16H23NO3S. The highest BCUT2D eigenvalue weighted by molar-refractivity contribution is 7.89. The summed E-state index contributed by atoms with van der Waals surface area (Å²) in [4.78, 5) is 0.289. The van der Waals surface area contributed by atoms with Crippen LogP contribution < -0.4 is 0 Å². The summed E-state index contributed by atoms with van der Waals surface area (Å²) < 4.78 is 26.7. The summed E-state index contributed by atoms with van der Waals surface area (Å²) in [6.45, 7) is 6.26. The summed E-state index contributed by atoms with van der Waals surface area (Å²) in [5.41, 5.74) is 0.744. The van der Waals surface area contributed by atoms with Gasteiger partial charge >= 0.3 is 0 Å². The fourth-order valence-corrected chi connectivity index (χ4v) is 3.67. The first-order chi connectivity index (χ1) is 9.93. The van der Waals surface area contributed by atoms with Gasteiger partial charge in [-0.05, 0) is 44.5 Å². The Labute approximate surface area is 127 Å². The molecule has 116 valence electrons. The second kappa shape index (κ2) is 8.18. The lowest BCUT2D eigenvalue weighted by Gasteiger charge is -2.25. The molecular weight excluding hydrogens is 286 g/mol. The van der Waals surface area contributed by atoms with Crippen LogP contribution in [0.4, 0.5) is 0 Å². The minimum Gasteiger partial charge on any atom is -0.395 e. The van der Waals surface area contributed by atoms with Crippen LogP contribution in [0.25, 0.3) is 0 Å². The number of hydrogen-bond donors (Lipinski definition) is 1. The van der Waals surface area contributed by atoms with Gasteiger partial charge in [-0.25, -0.2) is 8.42 Å². The highest BCUT2D eigenvalue weighted by Gasteiger charge is 2.25. The van der Waals surface area contributed by atoms with Crippen molar-refractivity contribution in [2.24, 2.45) is 0 Å². The first-order valence-corrected chi connectivity index (χ1v) is 8.59. The van der Waals surface area contributed by atoms with Crippen LogP contribution in [0.2, 0.25) is 0 Å². The zero-order valence-electron chi connectivity index (χ0n) is 12.8. The van der Waals surface area contributed by atoms with Crippen LogP contribution in [0.15, 0.2) is 29.2 Å². The predicted octanol–water partition coefficient (Wildman–Crippen LogP) is 2.23. The molecule has 0 aliphatic heterocycles. The Bertz CT molecular complexity index is 595. The molecule has 0 aliphatic carbocycles. The number of sulfonamides is 1. The van der Waals surface area contributed by atoms with E-state index in [-0.39, 0.29) is 17.5 Å². The molecule has 0 spiro atoms. The molecule has 0 unspecified atom stereocenters. The zero-order chi connectivity index (χ0) is 15.9. The van der Waals surface area contributed by atoms with E-state index in [0.717, 1.165) is 12.0 Å². The van der Waals surface area contributed by atoms with E-state index in [0.29, 0.717) is 13.0 Å². The van der Waals surface area contributed by atoms with Crippen LogP contribution in [0, 0.1) is 11.8 Å². The molecule has 0 fully saturated rings. The van der Waals surface area contributed by atoms with Crippen LogP contribution in [-0.4, -0.2) is 37.0 Å². The SMILES string of the molecule is CCCN(C(C)C)S(=O)(=O)c1ccc(C#CCCO)cc1. The zero-order valence-corrected chi connectivity index (χ0v) is 13.7. The number of hydrogen-bond acceptors (Lipinski definition) is 3. The number of rotatable bonds is 6. The van der Waals surface area contributed by atoms with Crippen molar-refractivity contribution in [1.82, 2.24) is 4.31 Å². The molecule has 1 N–H and O–H groups in total. The fraction of sp³-hybridized carbons (Fsp3) is 0.500. The molecule has 0 saturated heterocycles. The smallest absolute Gasteiger partial charge is 0.243 e. The van der Waals surface area contributed by atoms with Crippen molar-refractivity contribution in [2.45, 2.75) is 44.6 Å². The number of aliphatic hydroxyl groups is 1. The Morgan fingerprint density at radius 3 is 2.33 bits per heavy atom. The van der Waals surface area contributed by atoms with Gasteiger partial charge in [-0.2, -0.15) is 4.31 Å². The van der Waals surface area contributed by atoms with Gasteiger partial charge in [0, 0.05) is 24.6 Å². The van der Waals surface area contributed by atoms with Gasteiger partial charge in [-0.3, -0.25) is 0 Å². The molecule has 5 heteroatoms.